The lowest BCUT2D eigenvalue weighted by molar-refractivity contribution is -0.136. The Labute approximate surface area is 228 Å². The third-order valence-corrected chi connectivity index (χ3v) is 5.80. The van der Waals surface area contributed by atoms with Gasteiger partial charge in [0.15, 0.2) is 5.60 Å². The van der Waals surface area contributed by atoms with Crippen LogP contribution in [0.1, 0.15) is 50.1 Å². The summed E-state index contributed by atoms with van der Waals surface area (Å²) in [7, 11) is 0. The van der Waals surface area contributed by atoms with Crippen LogP contribution in [0.4, 0.5) is 0 Å². The van der Waals surface area contributed by atoms with Gasteiger partial charge < -0.3 is 15.3 Å². The monoisotopic (exact) mass is 529 g/mol. The van der Waals surface area contributed by atoms with Crippen LogP contribution in [0.15, 0.2) is 72.9 Å². The lowest BCUT2D eigenvalue weighted by atomic mass is 9.88. The molecule has 0 spiro atoms. The van der Waals surface area contributed by atoms with Gasteiger partial charge in [-0.3, -0.25) is 9.78 Å². The Morgan fingerprint density at radius 1 is 0.974 bits per heavy atom. The second-order valence-electron chi connectivity index (χ2n) is 10.3. The molecule has 0 aliphatic rings. The number of aromatic nitrogens is 1. The van der Waals surface area contributed by atoms with Crippen LogP contribution in [0.2, 0.25) is 5.02 Å². The molecule has 38 heavy (non-hydrogen) atoms. The first-order valence-electron chi connectivity index (χ1n) is 12.2. The third kappa shape index (κ3) is 7.90. The highest BCUT2D eigenvalue weighted by molar-refractivity contribution is 6.30. The summed E-state index contributed by atoms with van der Waals surface area (Å²) in [4.78, 5) is 15.8. The van der Waals surface area contributed by atoms with Crippen LogP contribution in [0.25, 0.3) is 21.9 Å². The Morgan fingerprint density at radius 2 is 1.63 bits per heavy atom. The first kappa shape index (κ1) is 28.9. The number of hydrogen-bond acceptors (Lipinski definition) is 4. The molecule has 1 aromatic heterocycles. The van der Waals surface area contributed by atoms with Gasteiger partial charge in [-0.15, -0.1) is 0 Å². The van der Waals surface area contributed by atoms with E-state index < -0.39 is 17.2 Å². The predicted molar refractivity (Wildman–Crippen MR) is 153 cm³/mol. The van der Waals surface area contributed by atoms with E-state index in [1.54, 1.807) is 64.2 Å². The number of rotatable bonds is 4. The van der Waals surface area contributed by atoms with Gasteiger partial charge in [0, 0.05) is 16.8 Å². The number of aryl methyl sites for hydroxylation is 1. The van der Waals surface area contributed by atoms with Crippen molar-refractivity contribution in [3.05, 3.63) is 100 Å². The minimum absolute atomic E-state index is 0.0932. The fraction of sp³-hybridized carbons (Fsp3) is 0.250. The van der Waals surface area contributed by atoms with E-state index in [2.05, 4.69) is 16.8 Å². The van der Waals surface area contributed by atoms with E-state index in [4.69, 9.17) is 16.7 Å². The number of fused-ring (bicyclic) bond motifs is 1. The maximum absolute atomic E-state index is 11.6. The number of hydrogen-bond donors (Lipinski definition) is 3. The molecule has 0 bridgehead atoms. The summed E-state index contributed by atoms with van der Waals surface area (Å²) < 4.78 is 0. The molecule has 1 heterocycles. The van der Waals surface area contributed by atoms with Crippen molar-refractivity contribution in [3.63, 3.8) is 0 Å². The van der Waals surface area contributed by atoms with E-state index in [-0.39, 0.29) is 6.42 Å². The van der Waals surface area contributed by atoms with Gasteiger partial charge in [-0.2, -0.15) is 0 Å². The van der Waals surface area contributed by atoms with Crippen LogP contribution in [0.5, 0.6) is 0 Å². The lowest BCUT2D eigenvalue weighted by Crippen LogP contribution is -2.19. The zero-order valence-electron chi connectivity index (χ0n) is 22.2. The zero-order valence-corrected chi connectivity index (χ0v) is 23.0. The first-order chi connectivity index (χ1) is 17.7. The smallest absolute Gasteiger partial charge is 0.307 e. The number of benzene rings is 3. The molecule has 1 unspecified atom stereocenters. The molecule has 5 nitrogen and oxygen atoms in total. The molecular formula is C32H32ClNO4. The van der Waals surface area contributed by atoms with Gasteiger partial charge in [0.25, 0.3) is 0 Å². The van der Waals surface area contributed by atoms with Gasteiger partial charge in [0.1, 0.15) is 0 Å². The molecule has 3 aromatic carbocycles. The second-order valence-corrected chi connectivity index (χ2v) is 10.7. The van der Waals surface area contributed by atoms with E-state index >= 15 is 0 Å². The molecule has 6 heteroatoms. The van der Waals surface area contributed by atoms with Gasteiger partial charge in [0.05, 0.1) is 17.7 Å². The number of pyridine rings is 1. The van der Waals surface area contributed by atoms with Crippen LogP contribution < -0.4 is 0 Å². The summed E-state index contributed by atoms with van der Waals surface area (Å²) >= 11 is 6.09. The highest BCUT2D eigenvalue weighted by atomic mass is 35.5. The van der Waals surface area contributed by atoms with Crippen molar-refractivity contribution in [2.75, 3.05) is 0 Å². The largest absolute Gasteiger partial charge is 0.481 e. The van der Waals surface area contributed by atoms with Crippen LogP contribution in [-0.2, 0) is 16.8 Å². The minimum Gasteiger partial charge on any atom is -0.481 e. The highest BCUT2D eigenvalue weighted by Crippen LogP contribution is 2.36. The van der Waals surface area contributed by atoms with Crippen molar-refractivity contribution in [2.24, 2.45) is 0 Å². The summed E-state index contributed by atoms with van der Waals surface area (Å²) in [5.41, 5.74) is 2.67. The number of halogens is 1. The quantitative estimate of drug-likeness (QED) is 0.261. The van der Waals surface area contributed by atoms with Crippen molar-refractivity contribution >= 4 is 28.3 Å². The van der Waals surface area contributed by atoms with E-state index in [1.165, 1.54) is 0 Å². The number of nitrogens with zero attached hydrogens (tertiary/aromatic N) is 1. The van der Waals surface area contributed by atoms with Crippen molar-refractivity contribution in [1.29, 1.82) is 0 Å². The summed E-state index contributed by atoms with van der Waals surface area (Å²) in [6.45, 7) is 8.76. The second kappa shape index (κ2) is 11.8. The molecule has 1 atom stereocenters. The van der Waals surface area contributed by atoms with Crippen LogP contribution in [0, 0.1) is 18.8 Å². The summed E-state index contributed by atoms with van der Waals surface area (Å²) in [6, 6.07) is 20.5. The highest BCUT2D eigenvalue weighted by Gasteiger charge is 2.21. The molecule has 0 saturated carbocycles. The number of carbonyl (C=O) groups is 1. The predicted octanol–water partition coefficient (Wildman–Crippen LogP) is 6.53. The van der Waals surface area contributed by atoms with E-state index in [1.807, 2.05) is 43.3 Å². The van der Waals surface area contributed by atoms with E-state index in [0.717, 1.165) is 33.0 Å². The molecular weight excluding hydrogens is 498 g/mol. The molecule has 3 N–H and O–H groups in total. The topological polar surface area (TPSA) is 90.7 Å². The fourth-order valence-electron chi connectivity index (χ4n) is 3.89. The van der Waals surface area contributed by atoms with Crippen molar-refractivity contribution in [3.8, 4) is 23.0 Å². The average Bonchev–Trinajstić information content (AvgIpc) is 2.83. The molecule has 196 valence electrons. The number of aliphatic hydroxyl groups is 2. The molecule has 0 fully saturated rings. The first-order valence-corrected chi connectivity index (χ1v) is 12.6. The maximum atomic E-state index is 11.6. The van der Waals surface area contributed by atoms with Gasteiger partial charge in [-0.05, 0) is 104 Å². The van der Waals surface area contributed by atoms with Crippen molar-refractivity contribution in [1.82, 2.24) is 4.98 Å². The summed E-state index contributed by atoms with van der Waals surface area (Å²) in [5, 5.41) is 31.3. The van der Waals surface area contributed by atoms with E-state index in [0.29, 0.717) is 16.3 Å². The van der Waals surface area contributed by atoms with Gasteiger partial charge in [-0.25, -0.2) is 0 Å². The maximum Gasteiger partial charge on any atom is 0.307 e. The number of aliphatic carboxylic acids is 1. The SMILES string of the molecule is CC(C)(C)O.Cc1cc2ccc(C#CC(C)(O)c3ccccn3)cc2c(-c2ccc(Cl)cc2)c1CC(=O)O. The molecule has 0 radical (unpaired) electrons. The summed E-state index contributed by atoms with van der Waals surface area (Å²) in [6.07, 6.45) is 1.52. The number of carboxylic acids is 1. The Balaban J connectivity index is 0.000000732. The van der Waals surface area contributed by atoms with Gasteiger partial charge in [-0.1, -0.05) is 53.8 Å². The average molecular weight is 530 g/mol. The molecule has 0 saturated heterocycles. The molecule has 0 aliphatic carbocycles. The Bertz CT molecular complexity index is 1490. The lowest BCUT2D eigenvalue weighted by Gasteiger charge is -2.17. The van der Waals surface area contributed by atoms with Crippen LogP contribution in [0.3, 0.4) is 0 Å². The van der Waals surface area contributed by atoms with Crippen molar-refractivity contribution in [2.45, 2.75) is 52.2 Å². The molecule has 4 rings (SSSR count). The minimum atomic E-state index is -1.41. The third-order valence-electron chi connectivity index (χ3n) is 5.55. The Morgan fingerprint density at radius 3 is 2.21 bits per heavy atom. The zero-order chi connectivity index (χ0) is 28.1. The molecule has 4 aromatic rings. The standard InChI is InChI=1S/C28H22ClNO3.C4H10O/c1-18-15-21-7-6-19(12-13-28(2,33)25-5-3-4-14-30-25)16-24(21)27(23(18)17-26(31)32)20-8-10-22(29)11-9-20;1-4(2,3)5/h3-11,14-16,33H,17H2,1-2H3,(H,31,32);5H,1-3H3. The normalized spacial score (nSPS) is 12.5. The van der Waals surface area contributed by atoms with E-state index in [9.17, 15) is 15.0 Å². The molecule has 0 amide bonds. The fourth-order valence-corrected chi connectivity index (χ4v) is 4.02. The van der Waals surface area contributed by atoms with Gasteiger partial charge in [0.2, 0.25) is 0 Å². The van der Waals surface area contributed by atoms with Crippen molar-refractivity contribution < 1.29 is 20.1 Å². The molecule has 0 aliphatic heterocycles. The Hall–Kier alpha value is -3.69. The summed E-state index contributed by atoms with van der Waals surface area (Å²) in [5.74, 6) is 5.08. The van der Waals surface area contributed by atoms with Crippen LogP contribution >= 0.6 is 11.6 Å². The number of carboxylic acid groups (broad SMARTS) is 1. The van der Waals surface area contributed by atoms with Crippen LogP contribution in [-0.4, -0.2) is 31.9 Å². The Kier molecular flexibility index (Phi) is 8.96. The van der Waals surface area contributed by atoms with Gasteiger partial charge >= 0.3 is 5.97 Å².